The van der Waals surface area contributed by atoms with Crippen LogP contribution in [0, 0.1) is 0 Å². The number of hydrogen-bond donors (Lipinski definition) is 3. The topological polar surface area (TPSA) is 87.4 Å². The van der Waals surface area contributed by atoms with Crippen molar-refractivity contribution in [3.63, 3.8) is 0 Å². The third-order valence-electron chi connectivity index (χ3n) is 3.50. The van der Waals surface area contributed by atoms with E-state index in [1.807, 2.05) is 60.7 Å². The quantitative estimate of drug-likeness (QED) is 0.673. The van der Waals surface area contributed by atoms with Gasteiger partial charge in [-0.2, -0.15) is 0 Å². The van der Waals surface area contributed by atoms with Gasteiger partial charge >= 0.3 is 6.03 Å². The van der Waals surface area contributed by atoms with Gasteiger partial charge < -0.3 is 14.9 Å². The van der Waals surface area contributed by atoms with E-state index < -0.39 is 12.1 Å². The number of anilines is 1. The van der Waals surface area contributed by atoms with Gasteiger partial charge in [-0.3, -0.25) is 5.32 Å². The van der Waals surface area contributed by atoms with Crippen LogP contribution >= 0.6 is 0 Å². The van der Waals surface area contributed by atoms with Crippen LogP contribution in [0.1, 0.15) is 11.6 Å². The highest BCUT2D eigenvalue weighted by Crippen LogP contribution is 2.22. The first-order chi connectivity index (χ1) is 11.8. The molecule has 24 heavy (non-hydrogen) atoms. The van der Waals surface area contributed by atoms with Gasteiger partial charge in [-0.05, 0) is 5.56 Å². The van der Waals surface area contributed by atoms with E-state index in [-0.39, 0.29) is 6.61 Å². The predicted molar refractivity (Wildman–Crippen MR) is 90.4 cm³/mol. The first-order valence-corrected chi connectivity index (χ1v) is 7.51. The minimum atomic E-state index is -0.494. The van der Waals surface area contributed by atoms with Crippen molar-refractivity contribution in [1.29, 1.82) is 0 Å². The molecule has 6 nitrogen and oxygen atoms in total. The van der Waals surface area contributed by atoms with Gasteiger partial charge in [0.25, 0.3) is 0 Å². The second-order valence-electron chi connectivity index (χ2n) is 5.19. The minimum Gasteiger partial charge on any atom is -0.394 e. The van der Waals surface area contributed by atoms with E-state index in [4.69, 9.17) is 4.52 Å². The van der Waals surface area contributed by atoms with Crippen LogP contribution in [0.2, 0.25) is 0 Å². The second kappa shape index (κ2) is 7.43. The summed E-state index contributed by atoms with van der Waals surface area (Å²) in [6.45, 7) is -0.203. The summed E-state index contributed by atoms with van der Waals surface area (Å²) in [7, 11) is 0. The second-order valence-corrected chi connectivity index (χ2v) is 5.19. The van der Waals surface area contributed by atoms with Gasteiger partial charge in [-0.1, -0.05) is 65.8 Å². The van der Waals surface area contributed by atoms with Gasteiger partial charge in [0.2, 0.25) is 0 Å². The fraction of sp³-hybridized carbons (Fsp3) is 0.111. The van der Waals surface area contributed by atoms with E-state index >= 15 is 0 Å². The number of aromatic nitrogens is 1. The van der Waals surface area contributed by atoms with E-state index in [2.05, 4.69) is 15.8 Å². The molecule has 1 aromatic heterocycles. The van der Waals surface area contributed by atoms with Crippen LogP contribution in [-0.2, 0) is 0 Å². The molecule has 3 rings (SSSR count). The van der Waals surface area contributed by atoms with Crippen LogP contribution in [0.15, 0.2) is 71.3 Å². The van der Waals surface area contributed by atoms with E-state index in [0.29, 0.717) is 11.6 Å². The summed E-state index contributed by atoms with van der Waals surface area (Å²) in [5, 5.41) is 18.6. The van der Waals surface area contributed by atoms with Crippen LogP contribution in [0.4, 0.5) is 10.6 Å². The van der Waals surface area contributed by atoms with Crippen molar-refractivity contribution < 1.29 is 14.4 Å². The number of rotatable bonds is 5. The summed E-state index contributed by atoms with van der Waals surface area (Å²) < 4.78 is 5.23. The summed E-state index contributed by atoms with van der Waals surface area (Å²) in [5.41, 5.74) is 1.69. The van der Waals surface area contributed by atoms with Crippen molar-refractivity contribution >= 4 is 11.8 Å². The Morgan fingerprint density at radius 3 is 2.42 bits per heavy atom. The summed E-state index contributed by atoms with van der Waals surface area (Å²) in [4.78, 5) is 12.1. The van der Waals surface area contributed by atoms with Crippen molar-refractivity contribution in [3.8, 4) is 11.3 Å². The number of carbonyl (C=O) groups excluding carboxylic acids is 1. The number of carbonyl (C=O) groups is 1. The predicted octanol–water partition coefficient (Wildman–Crippen LogP) is 3.20. The third kappa shape index (κ3) is 3.80. The Bertz CT molecular complexity index is 788. The van der Waals surface area contributed by atoms with Gasteiger partial charge in [0.1, 0.15) is 0 Å². The Morgan fingerprint density at radius 2 is 1.75 bits per heavy atom. The lowest BCUT2D eigenvalue weighted by molar-refractivity contribution is 0.225. The molecule has 2 aromatic carbocycles. The zero-order valence-corrected chi connectivity index (χ0v) is 12.8. The molecular weight excluding hydrogens is 306 g/mol. The Hall–Kier alpha value is -3.12. The Morgan fingerprint density at radius 1 is 1.08 bits per heavy atom. The van der Waals surface area contributed by atoms with Crippen molar-refractivity contribution in [2.75, 3.05) is 11.9 Å². The Kier molecular flexibility index (Phi) is 4.88. The molecule has 0 spiro atoms. The molecule has 0 bridgehead atoms. The van der Waals surface area contributed by atoms with Gasteiger partial charge in [-0.15, -0.1) is 0 Å². The van der Waals surface area contributed by atoms with Gasteiger partial charge in [0.15, 0.2) is 11.6 Å². The number of benzene rings is 2. The van der Waals surface area contributed by atoms with E-state index in [0.717, 1.165) is 11.1 Å². The zero-order chi connectivity index (χ0) is 16.8. The van der Waals surface area contributed by atoms with Crippen LogP contribution in [0.3, 0.4) is 0 Å². The fourth-order valence-corrected chi connectivity index (χ4v) is 2.30. The number of aliphatic hydroxyl groups excluding tert-OH is 1. The molecule has 0 saturated heterocycles. The van der Waals surface area contributed by atoms with Crippen molar-refractivity contribution in [1.82, 2.24) is 10.5 Å². The Balaban J connectivity index is 1.64. The SMILES string of the molecule is O=C(Nc1cc(-c2ccccc2)on1)N[C@H](CO)c1ccccc1. The summed E-state index contributed by atoms with van der Waals surface area (Å²) >= 11 is 0. The van der Waals surface area contributed by atoms with Crippen LogP contribution in [0.25, 0.3) is 11.3 Å². The van der Waals surface area contributed by atoms with Crippen molar-refractivity contribution in [2.45, 2.75) is 6.04 Å². The average Bonchev–Trinajstić information content (AvgIpc) is 3.09. The van der Waals surface area contributed by atoms with Crippen molar-refractivity contribution in [3.05, 3.63) is 72.3 Å². The van der Waals surface area contributed by atoms with Crippen LogP contribution < -0.4 is 10.6 Å². The largest absolute Gasteiger partial charge is 0.394 e. The molecule has 3 N–H and O–H groups in total. The van der Waals surface area contributed by atoms with Crippen LogP contribution in [-0.4, -0.2) is 22.9 Å². The maximum atomic E-state index is 12.1. The highest BCUT2D eigenvalue weighted by atomic mass is 16.5. The monoisotopic (exact) mass is 323 g/mol. The molecule has 122 valence electrons. The van der Waals surface area contributed by atoms with E-state index in [1.165, 1.54) is 0 Å². The molecule has 1 heterocycles. The standard InChI is InChI=1S/C18H17N3O3/c22-12-15(13-7-3-1-4-8-13)19-18(23)20-17-11-16(24-21-17)14-9-5-2-6-10-14/h1-11,15,22H,12H2,(H2,19,20,21,23)/t15-/m1/s1. The molecule has 0 fully saturated rings. The van der Waals surface area contributed by atoms with Gasteiger partial charge in [0.05, 0.1) is 12.6 Å². The molecule has 0 radical (unpaired) electrons. The summed E-state index contributed by atoms with van der Waals surface area (Å²) in [6, 6.07) is 19.4. The third-order valence-corrected chi connectivity index (χ3v) is 3.50. The highest BCUT2D eigenvalue weighted by molar-refractivity contribution is 5.89. The molecule has 0 aliphatic rings. The van der Waals surface area contributed by atoms with Gasteiger partial charge in [-0.25, -0.2) is 4.79 Å². The Labute approximate surface area is 139 Å². The molecule has 0 aliphatic heterocycles. The lowest BCUT2D eigenvalue weighted by Gasteiger charge is -2.16. The number of hydrogen-bond acceptors (Lipinski definition) is 4. The lowest BCUT2D eigenvalue weighted by Crippen LogP contribution is -2.34. The molecule has 0 unspecified atom stereocenters. The summed E-state index contributed by atoms with van der Waals surface area (Å²) in [6.07, 6.45) is 0. The first-order valence-electron chi connectivity index (χ1n) is 7.51. The van der Waals surface area contributed by atoms with E-state index in [9.17, 15) is 9.90 Å². The summed E-state index contributed by atoms with van der Waals surface area (Å²) in [5.74, 6) is 0.865. The minimum absolute atomic E-state index is 0.203. The number of nitrogens with zero attached hydrogens (tertiary/aromatic N) is 1. The van der Waals surface area contributed by atoms with Crippen LogP contribution in [0.5, 0.6) is 0 Å². The molecule has 0 saturated carbocycles. The van der Waals surface area contributed by atoms with E-state index in [1.54, 1.807) is 6.07 Å². The molecule has 1 atom stereocenters. The molecule has 6 heteroatoms. The highest BCUT2D eigenvalue weighted by Gasteiger charge is 2.15. The number of aliphatic hydroxyl groups is 1. The smallest absolute Gasteiger partial charge is 0.321 e. The normalized spacial score (nSPS) is 11.7. The first kappa shape index (κ1) is 15.8. The lowest BCUT2D eigenvalue weighted by atomic mass is 10.1. The number of amides is 2. The number of nitrogens with one attached hydrogen (secondary N) is 2. The molecule has 0 aliphatic carbocycles. The maximum absolute atomic E-state index is 12.1. The molecular formula is C18H17N3O3. The molecule has 2 amide bonds. The average molecular weight is 323 g/mol. The van der Waals surface area contributed by atoms with Crippen molar-refractivity contribution in [2.24, 2.45) is 0 Å². The zero-order valence-electron chi connectivity index (χ0n) is 12.8. The fourth-order valence-electron chi connectivity index (χ4n) is 2.30. The molecule has 3 aromatic rings. The van der Waals surface area contributed by atoms with Gasteiger partial charge in [0, 0.05) is 11.6 Å². The number of urea groups is 1. The maximum Gasteiger partial charge on any atom is 0.321 e.